The molecular formula is C56H58Cl2Zr. The summed E-state index contributed by atoms with van der Waals surface area (Å²) < 4.78 is 4.99. The van der Waals surface area contributed by atoms with Gasteiger partial charge < -0.3 is 24.8 Å². The second-order valence-electron chi connectivity index (χ2n) is 18.0. The Morgan fingerprint density at radius 3 is 1.64 bits per heavy atom. The Hall–Kier alpha value is -3.87. The first-order valence-electron chi connectivity index (χ1n) is 21.1. The summed E-state index contributed by atoms with van der Waals surface area (Å²) in [6.45, 7) is 23.3. The van der Waals surface area contributed by atoms with Gasteiger partial charge in [-0.1, -0.05) is 0 Å². The number of allylic oxidation sites excluding steroid dienone is 4. The van der Waals surface area contributed by atoms with E-state index in [0.29, 0.717) is 5.92 Å². The van der Waals surface area contributed by atoms with Crippen molar-refractivity contribution in [3.8, 4) is 33.4 Å². The number of rotatable bonds is 8. The topological polar surface area (TPSA) is 0 Å². The van der Waals surface area contributed by atoms with Crippen molar-refractivity contribution in [3.63, 3.8) is 0 Å². The molecule has 2 aliphatic carbocycles. The fourth-order valence-corrected chi connectivity index (χ4v) is 19.1. The minimum Gasteiger partial charge on any atom is -1.00 e. The van der Waals surface area contributed by atoms with Crippen molar-refractivity contribution in [1.82, 2.24) is 0 Å². The van der Waals surface area contributed by atoms with Crippen LogP contribution >= 0.6 is 0 Å². The Morgan fingerprint density at radius 2 is 1.12 bits per heavy atom. The minimum atomic E-state index is -3.16. The van der Waals surface area contributed by atoms with Crippen LogP contribution in [0.4, 0.5) is 0 Å². The number of aryl methyl sites for hydroxylation is 6. The summed E-state index contributed by atoms with van der Waals surface area (Å²) in [5.41, 5.74) is 23.9. The van der Waals surface area contributed by atoms with Crippen LogP contribution in [0, 0.1) is 52.9 Å². The molecule has 2 aliphatic rings. The van der Waals surface area contributed by atoms with Gasteiger partial charge in [0.1, 0.15) is 0 Å². The van der Waals surface area contributed by atoms with E-state index >= 15 is 0 Å². The standard InChI is InChI=1S/C31H29.C13H10.C12H19.2ClH.Zr/c1-18-11-20(3)30(21(4)12-18)24-7-9-28-26(15-24)17-27-16-25(8-10-29(27)28)31-22(5)13-19(2)14-23(31)6;1-3-7-12(8-4-1)11-13-9-5-2-6-10-13;1-5-6-10-7-8-11(9-10)12(2,3)4;;;/h7-15H,17H2,1-6H3;1-10H;8-10H,5-6H2,1-4H3;2*1H;/q;;;;;+2/p-2. The van der Waals surface area contributed by atoms with Gasteiger partial charge in [-0.2, -0.15) is 0 Å². The summed E-state index contributed by atoms with van der Waals surface area (Å²) >= 11 is -3.16. The maximum Gasteiger partial charge on any atom is -1.00 e. The first kappa shape index (κ1) is 44.7. The van der Waals surface area contributed by atoms with Crippen molar-refractivity contribution in [2.75, 3.05) is 0 Å². The molecule has 0 amide bonds. The Labute approximate surface area is 374 Å². The van der Waals surface area contributed by atoms with E-state index in [0.717, 1.165) is 6.42 Å². The zero-order chi connectivity index (χ0) is 40.2. The van der Waals surface area contributed by atoms with E-state index in [1.807, 2.05) is 0 Å². The number of hydrogen-bond acceptors (Lipinski definition) is 0. The monoisotopic (exact) mass is 890 g/mol. The summed E-state index contributed by atoms with van der Waals surface area (Å²) in [7, 11) is 0. The molecule has 0 saturated heterocycles. The van der Waals surface area contributed by atoms with E-state index in [2.05, 4.69) is 197 Å². The summed E-state index contributed by atoms with van der Waals surface area (Å²) in [6, 6.07) is 44.8. The molecule has 0 heterocycles. The molecule has 6 aromatic rings. The van der Waals surface area contributed by atoms with E-state index in [9.17, 15) is 0 Å². The van der Waals surface area contributed by atoms with Gasteiger partial charge in [-0.05, 0) is 0 Å². The average Bonchev–Trinajstić information content (AvgIpc) is 3.76. The van der Waals surface area contributed by atoms with Gasteiger partial charge >= 0.3 is 353 Å². The first-order chi connectivity index (χ1) is 27.3. The van der Waals surface area contributed by atoms with Gasteiger partial charge in [-0.3, -0.25) is 0 Å². The van der Waals surface area contributed by atoms with Gasteiger partial charge in [-0.15, -0.1) is 0 Å². The SMILES string of the molecule is CCCC1C=C(C(C)(C)C)C=[C]1[Zr+2](=[C](c1ccccc1)c1ccccc1)[c]1c(-c2c(C)cc(C)cc2C)ccc2c1Cc1cc(-c3c(C)cc(C)cc3C)ccc1-2.[Cl-].[Cl-]. The van der Waals surface area contributed by atoms with E-state index < -0.39 is 21.3 Å². The van der Waals surface area contributed by atoms with Gasteiger partial charge in [0.15, 0.2) is 0 Å². The average molecular weight is 893 g/mol. The molecule has 1 atom stereocenters. The van der Waals surface area contributed by atoms with Crippen molar-refractivity contribution < 1.29 is 46.1 Å². The van der Waals surface area contributed by atoms with Crippen LogP contribution in [0.2, 0.25) is 0 Å². The molecular weight excluding hydrogens is 835 g/mol. The van der Waals surface area contributed by atoms with E-state index in [-0.39, 0.29) is 30.2 Å². The van der Waals surface area contributed by atoms with Gasteiger partial charge in [0.2, 0.25) is 0 Å². The molecule has 8 rings (SSSR count). The molecule has 300 valence electrons. The smallest absolute Gasteiger partial charge is 1.00 e. The van der Waals surface area contributed by atoms with Gasteiger partial charge in [-0.25, -0.2) is 0 Å². The number of fused-ring (bicyclic) bond motifs is 3. The second-order valence-corrected chi connectivity index (χ2v) is 23.7. The number of hydrogen-bond donors (Lipinski definition) is 0. The summed E-state index contributed by atoms with van der Waals surface area (Å²) in [5, 5.41) is 0. The largest absolute Gasteiger partial charge is 1.00 e. The van der Waals surface area contributed by atoms with Gasteiger partial charge in [0.05, 0.1) is 0 Å². The fraction of sp³-hybridized carbons (Fsp3) is 0.268. The molecule has 0 saturated carbocycles. The molecule has 0 spiro atoms. The van der Waals surface area contributed by atoms with E-state index in [4.69, 9.17) is 0 Å². The molecule has 0 N–H and O–H groups in total. The van der Waals surface area contributed by atoms with Crippen molar-refractivity contribution in [1.29, 1.82) is 0 Å². The van der Waals surface area contributed by atoms with Crippen molar-refractivity contribution in [2.45, 2.75) is 88.5 Å². The molecule has 0 fully saturated rings. The van der Waals surface area contributed by atoms with Crippen LogP contribution in [-0.4, -0.2) is 3.21 Å². The predicted molar refractivity (Wildman–Crippen MR) is 244 cm³/mol. The van der Waals surface area contributed by atoms with E-state index in [1.165, 1.54) is 102 Å². The summed E-state index contributed by atoms with van der Waals surface area (Å²) in [6.07, 6.45) is 8.69. The van der Waals surface area contributed by atoms with E-state index in [1.54, 1.807) is 15.3 Å². The molecule has 0 radical (unpaired) electrons. The van der Waals surface area contributed by atoms with Crippen LogP contribution in [0.15, 0.2) is 136 Å². The Morgan fingerprint density at radius 1 is 0.610 bits per heavy atom. The Kier molecular flexibility index (Phi) is 13.6. The molecule has 0 aliphatic heterocycles. The Bertz CT molecular complexity index is 2550. The predicted octanol–water partition coefficient (Wildman–Crippen LogP) is 8.25. The minimum absolute atomic E-state index is 0. The van der Waals surface area contributed by atoms with Gasteiger partial charge in [0, 0.05) is 0 Å². The van der Waals surface area contributed by atoms with Crippen LogP contribution in [-0.2, 0) is 27.7 Å². The van der Waals surface area contributed by atoms with Crippen molar-refractivity contribution in [3.05, 3.63) is 192 Å². The van der Waals surface area contributed by atoms with Crippen LogP contribution in [0.5, 0.6) is 0 Å². The summed E-state index contributed by atoms with van der Waals surface area (Å²) in [4.78, 5) is 0. The normalized spacial score (nSPS) is 13.9. The van der Waals surface area contributed by atoms with Crippen molar-refractivity contribution >= 4 is 6.48 Å². The molecule has 0 bridgehead atoms. The maximum absolute atomic E-state index is 3.16. The van der Waals surface area contributed by atoms with Crippen LogP contribution in [0.1, 0.15) is 96.2 Å². The second kappa shape index (κ2) is 18.0. The first-order valence-corrected chi connectivity index (χ1v) is 24.8. The maximum atomic E-state index is 2.71. The van der Waals surface area contributed by atoms with Crippen LogP contribution < -0.4 is 28.1 Å². The third kappa shape index (κ3) is 8.56. The molecule has 0 nitrogen and oxygen atoms in total. The van der Waals surface area contributed by atoms with Crippen LogP contribution in [0.25, 0.3) is 33.4 Å². The summed E-state index contributed by atoms with van der Waals surface area (Å²) in [5.74, 6) is 0.438. The molecule has 59 heavy (non-hydrogen) atoms. The fourth-order valence-electron chi connectivity index (χ4n) is 10.1. The quantitative estimate of drug-likeness (QED) is 0.144. The molecule has 3 heteroatoms. The van der Waals surface area contributed by atoms with Crippen molar-refractivity contribution in [2.24, 2.45) is 11.3 Å². The van der Waals surface area contributed by atoms with Crippen LogP contribution in [0.3, 0.4) is 0 Å². The third-order valence-corrected chi connectivity index (χ3v) is 20.4. The molecule has 0 aromatic heterocycles. The Balaban J connectivity index is 0.00000293. The number of halogens is 2. The third-order valence-electron chi connectivity index (χ3n) is 12.5. The zero-order valence-electron chi connectivity index (χ0n) is 36.6. The van der Waals surface area contributed by atoms with Gasteiger partial charge in [0.25, 0.3) is 0 Å². The zero-order valence-corrected chi connectivity index (χ0v) is 40.5. The molecule has 1 unspecified atom stereocenters. The molecule has 6 aromatic carbocycles. The number of benzene rings is 6.